The summed E-state index contributed by atoms with van der Waals surface area (Å²) in [5.41, 5.74) is 0.490. The SMILES string of the molecule is COC(=O)/C(=C\Nc1ccc(OC)c(OC)c1)S(=O)(=O)c1ccc(OC)cc1. The fourth-order valence-corrected chi connectivity index (χ4v) is 3.57. The van der Waals surface area contributed by atoms with Gasteiger partial charge >= 0.3 is 5.97 Å². The molecule has 0 unspecified atom stereocenters. The number of benzene rings is 2. The van der Waals surface area contributed by atoms with Crippen LogP contribution < -0.4 is 19.5 Å². The zero-order valence-electron chi connectivity index (χ0n) is 15.9. The molecule has 8 nitrogen and oxygen atoms in total. The molecule has 2 aromatic rings. The number of nitrogens with one attached hydrogen (secondary N) is 1. The van der Waals surface area contributed by atoms with Gasteiger partial charge in [-0.15, -0.1) is 0 Å². The van der Waals surface area contributed by atoms with E-state index in [-0.39, 0.29) is 4.90 Å². The van der Waals surface area contributed by atoms with Gasteiger partial charge in [-0.1, -0.05) is 0 Å². The second kappa shape index (κ2) is 9.14. The molecule has 0 aliphatic rings. The van der Waals surface area contributed by atoms with E-state index in [0.717, 1.165) is 13.3 Å². The fourth-order valence-electron chi connectivity index (χ4n) is 2.30. The van der Waals surface area contributed by atoms with Crippen molar-refractivity contribution in [2.24, 2.45) is 0 Å². The number of methoxy groups -OCH3 is 4. The van der Waals surface area contributed by atoms with Gasteiger partial charge in [-0.3, -0.25) is 0 Å². The van der Waals surface area contributed by atoms with Crippen LogP contribution >= 0.6 is 0 Å². The van der Waals surface area contributed by atoms with E-state index in [1.54, 1.807) is 18.2 Å². The summed E-state index contributed by atoms with van der Waals surface area (Å²) in [5, 5.41) is 2.78. The number of anilines is 1. The molecule has 2 rings (SSSR count). The van der Waals surface area contributed by atoms with E-state index in [4.69, 9.17) is 14.2 Å². The average molecular weight is 407 g/mol. The molecule has 0 amide bonds. The van der Waals surface area contributed by atoms with Gasteiger partial charge in [0.1, 0.15) is 5.75 Å². The predicted molar refractivity (Wildman–Crippen MR) is 103 cm³/mol. The maximum absolute atomic E-state index is 12.9. The lowest BCUT2D eigenvalue weighted by molar-refractivity contribution is -0.135. The summed E-state index contributed by atoms with van der Waals surface area (Å²) in [6, 6.07) is 10.6. The Morgan fingerprint density at radius 2 is 1.54 bits per heavy atom. The van der Waals surface area contributed by atoms with Gasteiger partial charge < -0.3 is 24.3 Å². The monoisotopic (exact) mass is 407 g/mol. The number of esters is 1. The molecule has 0 atom stereocenters. The Morgan fingerprint density at radius 1 is 0.893 bits per heavy atom. The number of hydrogen-bond acceptors (Lipinski definition) is 8. The van der Waals surface area contributed by atoms with Crippen LogP contribution in [0.3, 0.4) is 0 Å². The topological polar surface area (TPSA) is 100 Å². The summed E-state index contributed by atoms with van der Waals surface area (Å²) in [6.07, 6.45) is 1.08. The van der Waals surface area contributed by atoms with E-state index < -0.39 is 20.7 Å². The molecule has 0 saturated heterocycles. The Morgan fingerprint density at radius 3 is 2.07 bits per heavy atom. The van der Waals surface area contributed by atoms with Crippen LogP contribution in [0.5, 0.6) is 17.2 Å². The first kappa shape index (κ1) is 21.1. The van der Waals surface area contributed by atoms with Crippen molar-refractivity contribution >= 4 is 21.5 Å². The largest absolute Gasteiger partial charge is 0.497 e. The van der Waals surface area contributed by atoms with Crippen LogP contribution in [0.4, 0.5) is 5.69 Å². The lowest BCUT2D eigenvalue weighted by Crippen LogP contribution is -2.17. The molecule has 0 saturated carbocycles. The van der Waals surface area contributed by atoms with Crippen molar-refractivity contribution in [1.29, 1.82) is 0 Å². The van der Waals surface area contributed by atoms with E-state index in [9.17, 15) is 13.2 Å². The summed E-state index contributed by atoms with van der Waals surface area (Å²) in [5.74, 6) is 0.449. The second-order valence-electron chi connectivity index (χ2n) is 5.39. The molecule has 0 fully saturated rings. The van der Waals surface area contributed by atoms with Crippen LogP contribution in [0.25, 0.3) is 0 Å². The highest BCUT2D eigenvalue weighted by Crippen LogP contribution is 2.30. The highest BCUT2D eigenvalue weighted by atomic mass is 32.2. The first-order valence-electron chi connectivity index (χ1n) is 8.03. The quantitative estimate of drug-likeness (QED) is 0.527. The number of carbonyl (C=O) groups excluding carboxylic acids is 1. The molecule has 0 aromatic heterocycles. The zero-order chi connectivity index (χ0) is 20.7. The first-order chi connectivity index (χ1) is 13.4. The number of sulfone groups is 1. The molecule has 0 aliphatic carbocycles. The van der Waals surface area contributed by atoms with E-state index in [1.165, 1.54) is 45.6 Å². The maximum Gasteiger partial charge on any atom is 0.351 e. The maximum atomic E-state index is 12.9. The first-order valence-corrected chi connectivity index (χ1v) is 9.52. The van der Waals surface area contributed by atoms with Crippen LogP contribution in [0, 0.1) is 0 Å². The molecule has 9 heteroatoms. The van der Waals surface area contributed by atoms with E-state index in [0.29, 0.717) is 22.9 Å². The lowest BCUT2D eigenvalue weighted by Gasteiger charge is -2.11. The molecule has 28 heavy (non-hydrogen) atoms. The number of hydrogen-bond donors (Lipinski definition) is 1. The molecule has 0 spiro atoms. The van der Waals surface area contributed by atoms with Crippen LogP contribution in [0.1, 0.15) is 0 Å². The number of carbonyl (C=O) groups is 1. The van der Waals surface area contributed by atoms with Crippen molar-refractivity contribution in [3.63, 3.8) is 0 Å². The smallest absolute Gasteiger partial charge is 0.351 e. The van der Waals surface area contributed by atoms with Crippen LogP contribution in [-0.4, -0.2) is 42.8 Å². The van der Waals surface area contributed by atoms with Crippen molar-refractivity contribution in [3.8, 4) is 17.2 Å². The van der Waals surface area contributed by atoms with Crippen molar-refractivity contribution < 1.29 is 32.2 Å². The summed E-state index contributed by atoms with van der Waals surface area (Å²) in [6.45, 7) is 0. The zero-order valence-corrected chi connectivity index (χ0v) is 16.7. The van der Waals surface area contributed by atoms with Crippen molar-refractivity contribution in [2.45, 2.75) is 4.90 Å². The highest BCUT2D eigenvalue weighted by molar-refractivity contribution is 7.96. The van der Waals surface area contributed by atoms with Crippen LogP contribution in [0.15, 0.2) is 58.5 Å². The third-order valence-corrected chi connectivity index (χ3v) is 5.56. The molecule has 0 bridgehead atoms. The Bertz CT molecular complexity index is 966. The third-order valence-electron chi connectivity index (χ3n) is 3.80. The fraction of sp³-hybridized carbons (Fsp3) is 0.211. The lowest BCUT2D eigenvalue weighted by atomic mass is 10.3. The van der Waals surface area contributed by atoms with Gasteiger partial charge in [-0.05, 0) is 36.4 Å². The molecule has 150 valence electrons. The normalized spacial score (nSPS) is 11.5. The molecular formula is C19H21NO7S. The third kappa shape index (κ3) is 4.55. The van der Waals surface area contributed by atoms with Gasteiger partial charge in [-0.2, -0.15) is 0 Å². The Balaban J connectivity index is 2.41. The van der Waals surface area contributed by atoms with Crippen LogP contribution in [-0.2, 0) is 19.4 Å². The average Bonchev–Trinajstić information content (AvgIpc) is 2.73. The van der Waals surface area contributed by atoms with Crippen molar-refractivity contribution in [2.75, 3.05) is 33.8 Å². The van der Waals surface area contributed by atoms with Crippen LogP contribution in [0.2, 0.25) is 0 Å². The minimum absolute atomic E-state index is 0.0703. The molecule has 0 aliphatic heterocycles. The molecule has 1 N–H and O–H groups in total. The van der Waals surface area contributed by atoms with Gasteiger partial charge in [0.25, 0.3) is 0 Å². The summed E-state index contributed by atoms with van der Waals surface area (Å²) in [4.78, 5) is 11.5. The van der Waals surface area contributed by atoms with Gasteiger partial charge in [0.2, 0.25) is 9.84 Å². The minimum Gasteiger partial charge on any atom is -0.497 e. The van der Waals surface area contributed by atoms with E-state index in [2.05, 4.69) is 10.1 Å². The van der Waals surface area contributed by atoms with Gasteiger partial charge in [-0.25, -0.2) is 13.2 Å². The van der Waals surface area contributed by atoms with Gasteiger partial charge in [0.15, 0.2) is 16.4 Å². The second-order valence-corrected chi connectivity index (χ2v) is 7.31. The minimum atomic E-state index is -4.12. The predicted octanol–water partition coefficient (Wildman–Crippen LogP) is 2.61. The number of rotatable bonds is 8. The Hall–Kier alpha value is -3.20. The van der Waals surface area contributed by atoms with Crippen molar-refractivity contribution in [3.05, 3.63) is 53.6 Å². The van der Waals surface area contributed by atoms with Gasteiger partial charge in [0.05, 0.1) is 33.3 Å². The highest BCUT2D eigenvalue weighted by Gasteiger charge is 2.28. The van der Waals surface area contributed by atoms with E-state index in [1.807, 2.05) is 0 Å². The molecule has 0 radical (unpaired) electrons. The Kier molecular flexibility index (Phi) is 6.89. The van der Waals surface area contributed by atoms with Crippen molar-refractivity contribution in [1.82, 2.24) is 0 Å². The summed E-state index contributed by atoms with van der Waals surface area (Å²) >= 11 is 0. The van der Waals surface area contributed by atoms with E-state index >= 15 is 0 Å². The number of ether oxygens (including phenoxy) is 4. The molecule has 2 aromatic carbocycles. The molecular weight excluding hydrogens is 386 g/mol. The van der Waals surface area contributed by atoms with Gasteiger partial charge in [0, 0.05) is 18.0 Å². The molecule has 0 heterocycles. The summed E-state index contributed by atoms with van der Waals surface area (Å²) in [7, 11) is 1.43. The summed E-state index contributed by atoms with van der Waals surface area (Å²) < 4.78 is 45.8. The standard InChI is InChI=1S/C19H21NO7S/c1-24-14-6-8-15(9-7-14)28(22,23)18(19(21)27-4)12-20-13-5-10-16(25-2)17(11-13)26-3/h5-12,20H,1-4H3/b18-12+. The Labute approximate surface area is 163 Å².